The second-order valence-corrected chi connectivity index (χ2v) is 4.25. The molecule has 0 aromatic heterocycles. The maximum Gasteiger partial charge on any atom is 0.315 e. The number of carboxylic acids is 1. The average Bonchev–Trinajstić information content (AvgIpc) is 2.29. The lowest BCUT2D eigenvalue weighted by molar-refractivity contribution is -0.143. The van der Waals surface area contributed by atoms with Gasteiger partial charge in [-0.1, -0.05) is 6.42 Å². The first-order valence-electron chi connectivity index (χ1n) is 5.84. The summed E-state index contributed by atoms with van der Waals surface area (Å²) < 4.78 is 0. The second-order valence-electron chi connectivity index (χ2n) is 4.25. The molecule has 1 saturated carbocycles. The molecule has 5 heteroatoms. The van der Waals surface area contributed by atoms with Gasteiger partial charge in [-0.05, 0) is 19.3 Å². The first-order valence-corrected chi connectivity index (χ1v) is 5.84. The third-order valence-corrected chi connectivity index (χ3v) is 2.91. The number of amides is 2. The highest BCUT2D eigenvalue weighted by atomic mass is 16.4. The molecule has 5 nitrogen and oxygen atoms in total. The standard InChI is InChI=1S/C12H18N2O3/c1-2-3-7-13-12(17)14-10-6-4-5-9(8-10)11(15)16/h1,9-10H,3-8H2,(H,15,16)(H2,13,14,17). The van der Waals surface area contributed by atoms with E-state index in [2.05, 4.69) is 16.6 Å². The quantitative estimate of drug-likeness (QED) is 0.504. The van der Waals surface area contributed by atoms with Crippen molar-refractivity contribution in [2.75, 3.05) is 6.54 Å². The van der Waals surface area contributed by atoms with Crippen molar-refractivity contribution in [1.29, 1.82) is 0 Å². The molecule has 94 valence electrons. The molecule has 1 aliphatic carbocycles. The molecule has 0 bridgehead atoms. The SMILES string of the molecule is C#CCCNC(=O)NC1CCCC(C(=O)O)C1. The lowest BCUT2D eigenvalue weighted by Gasteiger charge is -2.27. The number of hydrogen-bond acceptors (Lipinski definition) is 2. The fourth-order valence-electron chi connectivity index (χ4n) is 2.03. The molecule has 0 aromatic rings. The van der Waals surface area contributed by atoms with E-state index in [0.29, 0.717) is 25.8 Å². The van der Waals surface area contributed by atoms with Crippen LogP contribution in [-0.2, 0) is 4.79 Å². The number of rotatable bonds is 4. The summed E-state index contributed by atoms with van der Waals surface area (Å²) in [6.07, 6.45) is 8.45. The Kier molecular flexibility index (Phi) is 5.34. The minimum atomic E-state index is -0.774. The molecule has 0 aromatic carbocycles. The third-order valence-electron chi connectivity index (χ3n) is 2.91. The molecule has 1 rings (SSSR count). The zero-order valence-electron chi connectivity index (χ0n) is 9.74. The number of carboxylic acid groups (broad SMARTS) is 1. The highest BCUT2D eigenvalue weighted by molar-refractivity contribution is 5.74. The summed E-state index contributed by atoms with van der Waals surface area (Å²) in [6, 6.07) is -0.313. The second kappa shape index (κ2) is 6.79. The molecule has 2 atom stereocenters. The van der Waals surface area contributed by atoms with Crippen molar-refractivity contribution in [3.05, 3.63) is 0 Å². The largest absolute Gasteiger partial charge is 0.481 e. The van der Waals surface area contributed by atoms with Crippen LogP contribution < -0.4 is 10.6 Å². The molecule has 17 heavy (non-hydrogen) atoms. The van der Waals surface area contributed by atoms with Crippen LogP contribution in [0.25, 0.3) is 0 Å². The molecule has 2 unspecified atom stereocenters. The van der Waals surface area contributed by atoms with Gasteiger partial charge in [-0.15, -0.1) is 12.3 Å². The van der Waals surface area contributed by atoms with Crippen LogP contribution in [0.15, 0.2) is 0 Å². The summed E-state index contributed by atoms with van der Waals surface area (Å²) in [7, 11) is 0. The van der Waals surface area contributed by atoms with E-state index >= 15 is 0 Å². The maximum absolute atomic E-state index is 11.4. The van der Waals surface area contributed by atoms with Crippen LogP contribution in [0.3, 0.4) is 0 Å². The fraction of sp³-hybridized carbons (Fsp3) is 0.667. The summed E-state index contributed by atoms with van der Waals surface area (Å²) in [6.45, 7) is 0.442. The van der Waals surface area contributed by atoms with Crippen molar-refractivity contribution in [1.82, 2.24) is 10.6 Å². The molecule has 1 aliphatic rings. The van der Waals surface area contributed by atoms with Crippen molar-refractivity contribution < 1.29 is 14.7 Å². The van der Waals surface area contributed by atoms with Gasteiger partial charge in [0.25, 0.3) is 0 Å². The predicted octanol–water partition coefficient (Wildman–Crippen LogP) is 0.952. The Balaban J connectivity index is 2.28. The molecular weight excluding hydrogens is 220 g/mol. The molecule has 3 N–H and O–H groups in total. The van der Waals surface area contributed by atoms with Gasteiger partial charge in [0.15, 0.2) is 0 Å². The van der Waals surface area contributed by atoms with Crippen LogP contribution in [-0.4, -0.2) is 29.7 Å². The molecule has 2 amide bonds. The molecule has 0 radical (unpaired) electrons. The minimum absolute atomic E-state index is 0.0457. The molecule has 1 fully saturated rings. The fourth-order valence-corrected chi connectivity index (χ4v) is 2.03. The van der Waals surface area contributed by atoms with Gasteiger partial charge < -0.3 is 15.7 Å². The van der Waals surface area contributed by atoms with Crippen LogP contribution in [0.2, 0.25) is 0 Å². The van der Waals surface area contributed by atoms with Gasteiger partial charge in [0.2, 0.25) is 0 Å². The molecule has 0 heterocycles. The van der Waals surface area contributed by atoms with E-state index in [0.717, 1.165) is 12.8 Å². The van der Waals surface area contributed by atoms with Gasteiger partial charge in [0.05, 0.1) is 5.92 Å². The first kappa shape index (κ1) is 13.4. The number of carbonyl (C=O) groups is 2. The number of urea groups is 1. The van der Waals surface area contributed by atoms with E-state index in [1.165, 1.54) is 0 Å². The lowest BCUT2D eigenvalue weighted by Crippen LogP contribution is -2.45. The maximum atomic E-state index is 11.4. The van der Waals surface area contributed by atoms with E-state index in [-0.39, 0.29) is 18.0 Å². The van der Waals surface area contributed by atoms with E-state index < -0.39 is 5.97 Å². The van der Waals surface area contributed by atoms with Gasteiger partial charge in [0, 0.05) is 19.0 Å². The topological polar surface area (TPSA) is 78.4 Å². The third kappa shape index (κ3) is 4.77. The lowest BCUT2D eigenvalue weighted by atomic mass is 9.86. The van der Waals surface area contributed by atoms with Gasteiger partial charge in [-0.25, -0.2) is 4.79 Å². The highest BCUT2D eigenvalue weighted by Crippen LogP contribution is 2.24. The van der Waals surface area contributed by atoms with Crippen LogP contribution in [0, 0.1) is 18.3 Å². The first-order chi connectivity index (χ1) is 8.13. The van der Waals surface area contributed by atoms with Crippen molar-refractivity contribution >= 4 is 12.0 Å². The summed E-state index contributed by atoms with van der Waals surface area (Å²) in [5.41, 5.74) is 0. The zero-order chi connectivity index (χ0) is 12.7. The van der Waals surface area contributed by atoms with E-state index in [1.54, 1.807) is 0 Å². The van der Waals surface area contributed by atoms with Gasteiger partial charge in [-0.2, -0.15) is 0 Å². The van der Waals surface area contributed by atoms with E-state index in [9.17, 15) is 9.59 Å². The van der Waals surface area contributed by atoms with Crippen LogP contribution >= 0.6 is 0 Å². The Bertz CT molecular complexity index is 322. The normalized spacial score (nSPS) is 23.5. The van der Waals surface area contributed by atoms with E-state index in [4.69, 9.17) is 11.5 Å². The number of terminal acetylenes is 1. The van der Waals surface area contributed by atoms with Crippen LogP contribution in [0.1, 0.15) is 32.1 Å². The van der Waals surface area contributed by atoms with Crippen molar-refractivity contribution in [2.45, 2.75) is 38.1 Å². The number of hydrogen-bond donors (Lipinski definition) is 3. The summed E-state index contributed by atoms with van der Waals surface area (Å²) in [4.78, 5) is 22.3. The number of carbonyl (C=O) groups excluding carboxylic acids is 1. The summed E-state index contributed by atoms with van der Waals surface area (Å²) in [5.74, 6) is 1.32. The Labute approximate surface area is 101 Å². The van der Waals surface area contributed by atoms with Crippen LogP contribution in [0.4, 0.5) is 4.79 Å². The average molecular weight is 238 g/mol. The van der Waals surface area contributed by atoms with E-state index in [1.807, 2.05) is 0 Å². The smallest absolute Gasteiger partial charge is 0.315 e. The minimum Gasteiger partial charge on any atom is -0.481 e. The Hall–Kier alpha value is -1.70. The van der Waals surface area contributed by atoms with Crippen molar-refractivity contribution in [3.8, 4) is 12.3 Å². The Morgan fingerprint density at radius 2 is 2.18 bits per heavy atom. The Morgan fingerprint density at radius 1 is 1.41 bits per heavy atom. The Morgan fingerprint density at radius 3 is 2.82 bits per heavy atom. The number of aliphatic carboxylic acids is 1. The van der Waals surface area contributed by atoms with Gasteiger partial charge in [-0.3, -0.25) is 4.79 Å². The van der Waals surface area contributed by atoms with Crippen LogP contribution in [0.5, 0.6) is 0 Å². The van der Waals surface area contributed by atoms with Crippen molar-refractivity contribution in [2.24, 2.45) is 5.92 Å². The molecule has 0 aliphatic heterocycles. The molecule has 0 spiro atoms. The van der Waals surface area contributed by atoms with Gasteiger partial charge in [0.1, 0.15) is 0 Å². The zero-order valence-corrected chi connectivity index (χ0v) is 9.74. The summed E-state index contributed by atoms with van der Waals surface area (Å²) >= 11 is 0. The highest BCUT2D eigenvalue weighted by Gasteiger charge is 2.27. The molecule has 0 saturated heterocycles. The molecular formula is C12H18N2O3. The number of nitrogens with one attached hydrogen (secondary N) is 2. The monoisotopic (exact) mass is 238 g/mol. The summed E-state index contributed by atoms with van der Waals surface area (Å²) in [5, 5.41) is 14.3. The predicted molar refractivity (Wildman–Crippen MR) is 63.4 cm³/mol. The van der Waals surface area contributed by atoms with Crippen molar-refractivity contribution in [3.63, 3.8) is 0 Å². The van der Waals surface area contributed by atoms with Gasteiger partial charge >= 0.3 is 12.0 Å².